The van der Waals surface area contributed by atoms with Crippen molar-refractivity contribution in [2.45, 2.75) is 32.7 Å². The molecule has 0 radical (unpaired) electrons. The van der Waals surface area contributed by atoms with Crippen LogP contribution in [-0.4, -0.2) is 12.6 Å². The maximum Gasteiger partial charge on any atom is 0.0408 e. The van der Waals surface area contributed by atoms with E-state index in [0.29, 0.717) is 6.42 Å². The lowest BCUT2D eigenvalue weighted by molar-refractivity contribution is -0.786. The van der Waals surface area contributed by atoms with E-state index < -0.39 is 5.97 Å². The van der Waals surface area contributed by atoms with Gasteiger partial charge < -0.3 is 14.9 Å². The van der Waals surface area contributed by atoms with Gasteiger partial charge in [-0.05, 0) is 6.92 Å². The van der Waals surface area contributed by atoms with Gasteiger partial charge in [0.2, 0.25) is 0 Å². The van der Waals surface area contributed by atoms with Crippen LogP contribution in [0.1, 0.15) is 26.7 Å². The molecule has 0 amide bonds. The van der Waals surface area contributed by atoms with Gasteiger partial charge in [0.25, 0.3) is 0 Å². The van der Waals surface area contributed by atoms with Gasteiger partial charge in [0.15, 0.2) is 0 Å². The van der Waals surface area contributed by atoms with Crippen LogP contribution < -0.4 is 10.2 Å². The summed E-state index contributed by atoms with van der Waals surface area (Å²) < 4.78 is 4.36. The second kappa shape index (κ2) is 3.82. The van der Waals surface area contributed by atoms with Crippen LogP contribution in [0.25, 0.3) is 0 Å². The minimum absolute atomic E-state index is 0.0425. The molecule has 0 bridgehead atoms. The molecule has 0 rings (SSSR count). The number of ether oxygens (including phenoxy) is 1. The summed E-state index contributed by atoms with van der Waals surface area (Å²) in [4.78, 5) is 0. The number of hydrogen-bond donors (Lipinski definition) is 0. The molecular weight excluding hydrogens is 120 g/mol. The molecule has 9 heavy (non-hydrogen) atoms. The van der Waals surface area contributed by atoms with Crippen molar-refractivity contribution in [2.75, 3.05) is 6.61 Å². The quantitative estimate of drug-likeness (QED) is 0.470. The fourth-order valence-electron chi connectivity index (χ4n) is 0.598. The Morgan fingerprint density at radius 3 is 2.22 bits per heavy atom. The Hall–Kier alpha value is -0.120. The predicted molar refractivity (Wildman–Crippen MR) is 29.3 cm³/mol. The lowest BCUT2D eigenvalue weighted by Crippen LogP contribution is -2.58. The van der Waals surface area contributed by atoms with Crippen molar-refractivity contribution >= 4 is 0 Å². The van der Waals surface area contributed by atoms with E-state index in [0.717, 1.165) is 0 Å². The summed E-state index contributed by atoms with van der Waals surface area (Å²) in [5.74, 6) is -2.40. The van der Waals surface area contributed by atoms with Gasteiger partial charge in [-0.1, -0.05) is 25.7 Å². The minimum atomic E-state index is -2.40. The zero-order chi connectivity index (χ0) is 7.33. The van der Waals surface area contributed by atoms with Crippen molar-refractivity contribution in [3.05, 3.63) is 0 Å². The molecule has 0 saturated carbocycles. The molecule has 0 atom stereocenters. The smallest absolute Gasteiger partial charge is 0.0408 e. The van der Waals surface area contributed by atoms with E-state index in [-0.39, 0.29) is 13.0 Å². The van der Waals surface area contributed by atoms with E-state index in [4.69, 9.17) is 0 Å². The van der Waals surface area contributed by atoms with Gasteiger partial charge >= 0.3 is 0 Å². The molecule has 0 fully saturated rings. The summed E-state index contributed by atoms with van der Waals surface area (Å²) in [7, 11) is 0. The lowest BCUT2D eigenvalue weighted by Gasteiger charge is -2.47. The van der Waals surface area contributed by atoms with Crippen LogP contribution in [0.15, 0.2) is 0 Å². The van der Waals surface area contributed by atoms with E-state index in [2.05, 4.69) is 4.74 Å². The van der Waals surface area contributed by atoms with Crippen molar-refractivity contribution < 1.29 is 14.9 Å². The highest BCUT2D eigenvalue weighted by Crippen LogP contribution is 2.01. The summed E-state index contributed by atoms with van der Waals surface area (Å²) in [6.45, 7) is 3.62. The Balaban J connectivity index is 3.43. The standard InChI is InChI=1S/C6H12O3/c1-3-5-6(7,8)9-4-2/h3-5H2,1-2H3/q-2. The van der Waals surface area contributed by atoms with Crippen LogP contribution in [0.3, 0.4) is 0 Å². The van der Waals surface area contributed by atoms with Crippen molar-refractivity contribution in [1.82, 2.24) is 0 Å². The van der Waals surface area contributed by atoms with E-state index in [1.165, 1.54) is 0 Å². The Labute approximate surface area is 55.3 Å². The van der Waals surface area contributed by atoms with Gasteiger partial charge in [-0.25, -0.2) is 0 Å². The van der Waals surface area contributed by atoms with Gasteiger partial charge in [0.1, 0.15) is 0 Å². The van der Waals surface area contributed by atoms with Crippen LogP contribution >= 0.6 is 0 Å². The lowest BCUT2D eigenvalue weighted by atomic mass is 10.3. The highest BCUT2D eigenvalue weighted by molar-refractivity contribution is 4.42. The third kappa shape index (κ3) is 4.39. The molecular formula is C6H12O3-2. The second-order valence-electron chi connectivity index (χ2n) is 1.87. The van der Waals surface area contributed by atoms with Crippen molar-refractivity contribution in [2.24, 2.45) is 0 Å². The van der Waals surface area contributed by atoms with Gasteiger partial charge in [0, 0.05) is 6.61 Å². The fraction of sp³-hybridized carbons (Fsp3) is 1.00. The average molecular weight is 132 g/mol. The number of hydrogen-bond acceptors (Lipinski definition) is 3. The average Bonchev–Trinajstić information content (AvgIpc) is 1.64. The normalized spacial score (nSPS) is 12.0. The summed E-state index contributed by atoms with van der Waals surface area (Å²) in [6, 6.07) is 0. The Morgan fingerprint density at radius 1 is 1.33 bits per heavy atom. The second-order valence-corrected chi connectivity index (χ2v) is 1.87. The molecule has 0 spiro atoms. The molecule has 56 valence electrons. The SMILES string of the molecule is CCCC([O-])([O-])OCC. The summed E-state index contributed by atoms with van der Waals surface area (Å²) >= 11 is 0. The first-order chi connectivity index (χ1) is 4.12. The Kier molecular flexibility index (Phi) is 3.77. The highest BCUT2D eigenvalue weighted by atomic mass is 16.8. The van der Waals surface area contributed by atoms with Crippen LogP contribution in [-0.2, 0) is 4.74 Å². The maximum absolute atomic E-state index is 10.5. The largest absolute Gasteiger partial charge is 0.842 e. The molecule has 0 heterocycles. The Morgan fingerprint density at radius 2 is 1.89 bits per heavy atom. The molecule has 0 aliphatic heterocycles. The summed E-state index contributed by atoms with van der Waals surface area (Å²) in [6.07, 6.45) is 0.619. The first kappa shape index (κ1) is 8.88. The monoisotopic (exact) mass is 132 g/mol. The summed E-state index contributed by atoms with van der Waals surface area (Å²) in [5.41, 5.74) is 0. The topological polar surface area (TPSA) is 55.3 Å². The van der Waals surface area contributed by atoms with Gasteiger partial charge in [0.05, 0.1) is 0 Å². The van der Waals surface area contributed by atoms with Crippen LogP contribution in [0.4, 0.5) is 0 Å². The summed E-state index contributed by atoms with van der Waals surface area (Å²) in [5, 5.41) is 21.0. The maximum atomic E-state index is 10.5. The first-order valence-electron chi connectivity index (χ1n) is 3.17. The van der Waals surface area contributed by atoms with Crippen LogP contribution in [0, 0.1) is 0 Å². The Bertz CT molecular complexity index is 62.7. The molecule has 0 aromatic carbocycles. The van der Waals surface area contributed by atoms with E-state index in [1.807, 2.05) is 0 Å². The van der Waals surface area contributed by atoms with Crippen molar-refractivity contribution in [3.8, 4) is 0 Å². The van der Waals surface area contributed by atoms with E-state index >= 15 is 0 Å². The molecule has 0 aromatic rings. The molecule has 0 aromatic heterocycles. The van der Waals surface area contributed by atoms with Crippen molar-refractivity contribution in [1.29, 1.82) is 0 Å². The molecule has 3 heteroatoms. The molecule has 3 nitrogen and oxygen atoms in total. The van der Waals surface area contributed by atoms with Crippen LogP contribution in [0.5, 0.6) is 0 Å². The third-order valence-electron chi connectivity index (χ3n) is 0.920. The van der Waals surface area contributed by atoms with Gasteiger partial charge in [-0.2, -0.15) is 0 Å². The zero-order valence-corrected chi connectivity index (χ0v) is 5.85. The van der Waals surface area contributed by atoms with Gasteiger partial charge in [-0.15, -0.1) is 0 Å². The number of rotatable bonds is 4. The first-order valence-corrected chi connectivity index (χ1v) is 3.17. The fourth-order valence-corrected chi connectivity index (χ4v) is 0.598. The zero-order valence-electron chi connectivity index (χ0n) is 5.85. The molecule has 0 aliphatic rings. The highest BCUT2D eigenvalue weighted by Gasteiger charge is 1.96. The van der Waals surface area contributed by atoms with Crippen LogP contribution in [0.2, 0.25) is 0 Å². The molecule has 0 N–H and O–H groups in total. The van der Waals surface area contributed by atoms with E-state index in [1.54, 1.807) is 13.8 Å². The van der Waals surface area contributed by atoms with Crippen molar-refractivity contribution in [3.63, 3.8) is 0 Å². The molecule has 0 saturated heterocycles. The molecule has 0 aliphatic carbocycles. The van der Waals surface area contributed by atoms with Gasteiger partial charge in [-0.3, -0.25) is 0 Å². The van der Waals surface area contributed by atoms with E-state index in [9.17, 15) is 10.2 Å². The third-order valence-corrected chi connectivity index (χ3v) is 0.920. The molecule has 0 unspecified atom stereocenters. The predicted octanol–water partition coefficient (Wildman–Crippen LogP) is -0.803. The minimum Gasteiger partial charge on any atom is -0.842 e.